The number of hydrogen-bond acceptors (Lipinski definition) is 7. The van der Waals surface area contributed by atoms with Crippen LogP contribution in [0.1, 0.15) is 40.4 Å². The van der Waals surface area contributed by atoms with Crippen molar-refractivity contribution in [3.05, 3.63) is 83.9 Å². The molecule has 0 bridgehead atoms. The molecule has 5 heterocycles. The summed E-state index contributed by atoms with van der Waals surface area (Å²) in [6, 6.07) is 2.36. The summed E-state index contributed by atoms with van der Waals surface area (Å²) in [7, 11) is 0. The quantitative estimate of drug-likeness (QED) is 0.516. The van der Waals surface area contributed by atoms with Crippen molar-refractivity contribution in [2.24, 2.45) is 10.7 Å². The molecule has 13 heteroatoms. The predicted octanol–water partition coefficient (Wildman–Crippen LogP) is 3.44. The zero-order valence-corrected chi connectivity index (χ0v) is 19.4. The molecule has 3 aromatic heterocycles. The van der Waals surface area contributed by atoms with Gasteiger partial charge < -0.3 is 5.73 Å². The second-order valence-corrected chi connectivity index (χ2v) is 8.72. The van der Waals surface area contributed by atoms with E-state index in [-0.39, 0.29) is 28.4 Å². The molecule has 0 saturated heterocycles. The van der Waals surface area contributed by atoms with E-state index < -0.39 is 23.5 Å². The van der Waals surface area contributed by atoms with E-state index in [1.54, 1.807) is 18.4 Å². The van der Waals surface area contributed by atoms with Crippen molar-refractivity contribution < 1.29 is 22.8 Å². The van der Waals surface area contributed by atoms with E-state index in [0.29, 0.717) is 17.2 Å². The highest BCUT2D eigenvalue weighted by Crippen LogP contribution is 2.46. The molecule has 0 aromatic carbocycles. The van der Waals surface area contributed by atoms with E-state index >= 15 is 0 Å². The second-order valence-electron chi connectivity index (χ2n) is 8.72. The van der Waals surface area contributed by atoms with Crippen molar-refractivity contribution >= 4 is 23.4 Å². The number of pyridine rings is 1. The molecule has 1 saturated carbocycles. The van der Waals surface area contributed by atoms with E-state index in [0.717, 1.165) is 23.6 Å². The van der Waals surface area contributed by atoms with Crippen molar-refractivity contribution in [1.82, 2.24) is 29.4 Å². The monoisotopic (exact) mass is 518 g/mol. The zero-order chi connectivity index (χ0) is 26.6. The van der Waals surface area contributed by atoms with Crippen LogP contribution in [0.3, 0.4) is 0 Å². The Labute approximate surface area is 212 Å². The Bertz CT molecular complexity index is 1650. The van der Waals surface area contributed by atoms with Gasteiger partial charge >= 0.3 is 6.18 Å². The largest absolute Gasteiger partial charge is 0.420 e. The average Bonchev–Trinajstić information content (AvgIpc) is 3.43. The zero-order valence-electron chi connectivity index (χ0n) is 19.4. The Morgan fingerprint density at radius 3 is 2.71 bits per heavy atom. The second kappa shape index (κ2) is 8.53. The summed E-state index contributed by atoms with van der Waals surface area (Å²) in [6.45, 7) is 0. The topological polar surface area (TPSA) is 124 Å². The summed E-state index contributed by atoms with van der Waals surface area (Å²) in [5, 5.41) is 8.45. The molecule has 2 aliphatic heterocycles. The molecule has 1 fully saturated rings. The highest BCUT2D eigenvalue weighted by Gasteiger charge is 2.39. The molecular formula is C25H17F3N8O2. The van der Waals surface area contributed by atoms with Crippen LogP contribution in [0.4, 0.5) is 13.2 Å². The molecule has 0 spiro atoms. The molecule has 38 heavy (non-hydrogen) atoms. The number of halogens is 3. The molecule has 1 aliphatic carbocycles. The predicted molar refractivity (Wildman–Crippen MR) is 129 cm³/mol. The Kier molecular flexibility index (Phi) is 5.24. The number of amides is 1. The van der Waals surface area contributed by atoms with Gasteiger partial charge in [-0.1, -0.05) is 0 Å². The molecule has 0 unspecified atom stereocenters. The maximum absolute atomic E-state index is 14.1. The first-order valence-electron chi connectivity index (χ1n) is 11.5. The fraction of sp³-hybridized carbons (Fsp3) is 0.160. The molecule has 6 rings (SSSR count). The minimum Gasteiger partial charge on any atom is -0.365 e. The lowest BCUT2D eigenvalue weighted by molar-refractivity contribution is -0.137. The average molecular weight is 518 g/mol. The van der Waals surface area contributed by atoms with Gasteiger partial charge in [-0.3, -0.25) is 9.69 Å². The summed E-state index contributed by atoms with van der Waals surface area (Å²) in [6.07, 6.45) is 8.51. The summed E-state index contributed by atoms with van der Waals surface area (Å²) >= 11 is 0. The number of nitrogens with zero attached hydrogens (tertiary/aromatic N) is 7. The third-order valence-corrected chi connectivity index (χ3v) is 6.27. The Balaban J connectivity index is 1.56. The molecule has 2 N–H and O–H groups in total. The first-order chi connectivity index (χ1) is 18.3. The van der Waals surface area contributed by atoms with Crippen LogP contribution in [0.15, 0.2) is 72.0 Å². The molecular weight excluding hydrogens is 501 g/mol. The van der Waals surface area contributed by atoms with Crippen LogP contribution in [0.5, 0.6) is 0 Å². The SMILES string of the molecule is NC(=O)c1c(-c2cnc(-n3cccn3)c(C(F)(F)F)c2)nn(C2=CC=CN3C(=C=O)C=CN=C23)c1C1CC1. The van der Waals surface area contributed by atoms with Crippen molar-refractivity contribution in [3.8, 4) is 17.1 Å². The number of aliphatic imine (C=N–C) groups is 1. The fourth-order valence-electron chi connectivity index (χ4n) is 4.48. The standard InChI is InChI=1S/C25H17F3N8O2/c26-25(27,28)17-11-15(12-31-23(17)35-10-2-7-32-35)20-19(22(29)38)21(14-4-5-14)36(33-20)18-3-1-9-34-16(13-37)6-8-30-24(18)34/h1-3,6-12,14H,4-5H2,(H2,29,38). The number of aromatic nitrogens is 5. The van der Waals surface area contributed by atoms with Gasteiger partial charge in [0.15, 0.2) is 17.6 Å². The number of nitrogens with two attached hydrogens (primary N) is 1. The van der Waals surface area contributed by atoms with Gasteiger partial charge in [0.1, 0.15) is 22.7 Å². The summed E-state index contributed by atoms with van der Waals surface area (Å²) in [5.74, 6) is 0.847. The summed E-state index contributed by atoms with van der Waals surface area (Å²) in [5.41, 5.74) is 5.75. The van der Waals surface area contributed by atoms with E-state index in [4.69, 9.17) is 5.73 Å². The van der Waals surface area contributed by atoms with Crippen LogP contribution in [-0.2, 0) is 11.0 Å². The lowest BCUT2D eigenvalue weighted by Crippen LogP contribution is -2.32. The van der Waals surface area contributed by atoms with E-state index in [2.05, 4.69) is 20.2 Å². The number of carbonyl (C=O) groups excluding carboxylic acids is 2. The van der Waals surface area contributed by atoms with Crippen molar-refractivity contribution in [1.29, 1.82) is 0 Å². The van der Waals surface area contributed by atoms with E-state index in [1.807, 2.05) is 5.94 Å². The van der Waals surface area contributed by atoms with Crippen LogP contribution in [0, 0.1) is 0 Å². The highest BCUT2D eigenvalue weighted by molar-refractivity contribution is 6.20. The molecule has 1 amide bonds. The number of hydrogen-bond donors (Lipinski definition) is 1. The first-order valence-corrected chi connectivity index (χ1v) is 11.5. The number of amidine groups is 1. The van der Waals surface area contributed by atoms with Gasteiger partial charge in [0.2, 0.25) is 0 Å². The number of carbonyl (C=O) groups is 1. The first kappa shape index (κ1) is 23.4. The van der Waals surface area contributed by atoms with Crippen LogP contribution in [-0.4, -0.2) is 47.1 Å². The Hall–Kier alpha value is -5.03. The number of alkyl halides is 3. The smallest absolute Gasteiger partial charge is 0.365 e. The molecule has 0 radical (unpaired) electrons. The van der Waals surface area contributed by atoms with Gasteiger partial charge in [-0.15, -0.1) is 0 Å². The number of allylic oxidation sites excluding steroid dienone is 3. The van der Waals surface area contributed by atoms with Crippen LogP contribution >= 0.6 is 0 Å². The lowest BCUT2D eigenvalue weighted by atomic mass is 10.0. The molecule has 0 atom stereocenters. The van der Waals surface area contributed by atoms with Crippen LogP contribution in [0.25, 0.3) is 22.8 Å². The van der Waals surface area contributed by atoms with Crippen molar-refractivity contribution in [3.63, 3.8) is 0 Å². The van der Waals surface area contributed by atoms with Crippen LogP contribution < -0.4 is 5.73 Å². The number of fused-ring (bicyclic) bond motifs is 1. The number of primary amides is 1. The molecule has 3 aliphatic rings. The highest BCUT2D eigenvalue weighted by atomic mass is 19.4. The van der Waals surface area contributed by atoms with E-state index in [1.165, 1.54) is 46.5 Å². The Morgan fingerprint density at radius 2 is 2.05 bits per heavy atom. The molecule has 3 aromatic rings. The Morgan fingerprint density at radius 1 is 1.24 bits per heavy atom. The van der Waals surface area contributed by atoms with Crippen molar-refractivity contribution in [2.45, 2.75) is 24.9 Å². The fourth-order valence-corrected chi connectivity index (χ4v) is 4.48. The normalized spacial score (nSPS) is 16.7. The maximum Gasteiger partial charge on any atom is 0.420 e. The summed E-state index contributed by atoms with van der Waals surface area (Å²) in [4.78, 5) is 34.1. The van der Waals surface area contributed by atoms with Gasteiger partial charge in [0.05, 0.1) is 11.3 Å². The van der Waals surface area contributed by atoms with Gasteiger partial charge in [-0.2, -0.15) is 23.4 Å². The summed E-state index contributed by atoms with van der Waals surface area (Å²) < 4.78 is 44.7. The van der Waals surface area contributed by atoms with Gasteiger partial charge in [0.25, 0.3) is 5.91 Å². The van der Waals surface area contributed by atoms with Crippen LogP contribution in [0.2, 0.25) is 0 Å². The van der Waals surface area contributed by atoms with Gasteiger partial charge in [0, 0.05) is 42.5 Å². The van der Waals surface area contributed by atoms with Gasteiger partial charge in [-0.25, -0.2) is 24.1 Å². The maximum atomic E-state index is 14.1. The van der Waals surface area contributed by atoms with Crippen molar-refractivity contribution in [2.75, 3.05) is 0 Å². The minimum absolute atomic E-state index is 0.00868. The minimum atomic E-state index is -4.77. The van der Waals surface area contributed by atoms with E-state index in [9.17, 15) is 22.8 Å². The molecule has 10 nitrogen and oxygen atoms in total. The third kappa shape index (κ3) is 3.76. The molecule has 190 valence electrons. The van der Waals surface area contributed by atoms with Gasteiger partial charge in [-0.05, 0) is 43.2 Å². The number of rotatable bonds is 5. The third-order valence-electron chi connectivity index (χ3n) is 6.27. The lowest BCUT2D eigenvalue weighted by Gasteiger charge is -2.27.